The second-order valence-corrected chi connectivity index (χ2v) is 5.17. The Morgan fingerprint density at radius 3 is 2.54 bits per heavy atom. The zero-order valence-electron chi connectivity index (χ0n) is 12.7. The van der Waals surface area contributed by atoms with Crippen molar-refractivity contribution in [3.05, 3.63) is 48.0 Å². The molecule has 1 atom stereocenters. The average Bonchev–Trinajstić information content (AvgIpc) is 3.06. The number of hydrogen-bond donors (Lipinski definition) is 0. The van der Waals surface area contributed by atoms with Crippen LogP contribution in [-0.2, 0) is 11.3 Å². The van der Waals surface area contributed by atoms with Gasteiger partial charge in [-0.2, -0.15) is 23.5 Å². The maximum Gasteiger partial charge on any atom is 0.406 e. The molecule has 2 aromatic rings. The maximum absolute atomic E-state index is 12.8. The van der Waals surface area contributed by atoms with Crippen molar-refractivity contribution >= 4 is 5.91 Å². The Bertz CT molecular complexity index is 719. The molecule has 126 valence electrons. The molecule has 0 radical (unpaired) electrons. The molecule has 1 aromatic heterocycles. The van der Waals surface area contributed by atoms with E-state index in [4.69, 9.17) is 5.26 Å². The number of carbonyl (C=O) groups excluding carboxylic acids is 1. The highest BCUT2D eigenvalue weighted by Crippen LogP contribution is 2.21. The average molecular weight is 337 g/mol. The molecule has 1 unspecified atom stereocenters. The number of carbonyl (C=O) groups is 1. The normalized spacial score (nSPS) is 12.5. The Kier molecular flexibility index (Phi) is 5.18. The number of nitrogens with zero attached hydrogens (tertiary/aromatic N) is 5. The van der Waals surface area contributed by atoms with Crippen molar-refractivity contribution < 1.29 is 18.0 Å². The second kappa shape index (κ2) is 7.12. The number of amides is 1. The van der Waals surface area contributed by atoms with Crippen LogP contribution in [0.15, 0.2) is 36.9 Å². The summed E-state index contributed by atoms with van der Waals surface area (Å²) in [6.07, 6.45) is -2.04. The van der Waals surface area contributed by atoms with Crippen LogP contribution in [0.3, 0.4) is 0 Å². The number of alkyl halides is 3. The molecule has 0 aliphatic heterocycles. The molecule has 6 nitrogen and oxygen atoms in total. The van der Waals surface area contributed by atoms with Gasteiger partial charge in [-0.05, 0) is 24.6 Å². The van der Waals surface area contributed by atoms with E-state index in [1.54, 1.807) is 0 Å². The summed E-state index contributed by atoms with van der Waals surface area (Å²) in [4.78, 5) is 16.8. The van der Waals surface area contributed by atoms with Gasteiger partial charge in [0.05, 0.1) is 11.6 Å². The van der Waals surface area contributed by atoms with E-state index in [9.17, 15) is 18.0 Å². The highest BCUT2D eigenvalue weighted by Gasteiger charge is 2.35. The summed E-state index contributed by atoms with van der Waals surface area (Å²) >= 11 is 0. The monoisotopic (exact) mass is 337 g/mol. The Morgan fingerprint density at radius 2 is 2.04 bits per heavy atom. The van der Waals surface area contributed by atoms with Gasteiger partial charge in [0.15, 0.2) is 0 Å². The van der Waals surface area contributed by atoms with E-state index < -0.39 is 24.7 Å². The van der Waals surface area contributed by atoms with Crippen LogP contribution in [0.25, 0.3) is 0 Å². The molecule has 24 heavy (non-hydrogen) atoms. The lowest BCUT2D eigenvalue weighted by Crippen LogP contribution is -2.41. The standard InChI is InChI=1S/C15H14F3N5O/c1-11(23-10-20-9-21-23)14(24)22(8-15(16,17)18)7-13-4-2-12(6-19)3-5-13/h2-5,9-11H,7-8H2,1H3. The summed E-state index contributed by atoms with van der Waals surface area (Å²) in [6, 6.07) is 7.05. The third-order valence-corrected chi connectivity index (χ3v) is 3.33. The molecule has 0 N–H and O–H groups in total. The Labute approximate surface area is 136 Å². The highest BCUT2D eigenvalue weighted by atomic mass is 19.4. The van der Waals surface area contributed by atoms with Crippen LogP contribution in [-0.4, -0.2) is 38.3 Å². The van der Waals surface area contributed by atoms with Crippen molar-refractivity contribution in [2.75, 3.05) is 6.54 Å². The maximum atomic E-state index is 12.8. The molecule has 9 heteroatoms. The summed E-state index contributed by atoms with van der Waals surface area (Å²) in [7, 11) is 0. The van der Waals surface area contributed by atoms with Crippen molar-refractivity contribution in [1.82, 2.24) is 19.7 Å². The zero-order chi connectivity index (χ0) is 17.7. The van der Waals surface area contributed by atoms with Crippen molar-refractivity contribution in [2.45, 2.75) is 25.7 Å². The van der Waals surface area contributed by atoms with Crippen molar-refractivity contribution in [1.29, 1.82) is 5.26 Å². The third-order valence-electron chi connectivity index (χ3n) is 3.33. The minimum Gasteiger partial charge on any atom is -0.327 e. The van der Waals surface area contributed by atoms with Crippen LogP contribution in [0.4, 0.5) is 13.2 Å². The summed E-state index contributed by atoms with van der Waals surface area (Å²) in [6.45, 7) is -0.132. The van der Waals surface area contributed by atoms with E-state index in [2.05, 4.69) is 10.1 Å². The minimum absolute atomic E-state index is 0.219. The Balaban J connectivity index is 2.20. The van der Waals surface area contributed by atoms with Crippen LogP contribution in [0.5, 0.6) is 0 Å². The molecule has 0 saturated heterocycles. The number of hydrogen-bond acceptors (Lipinski definition) is 4. The first-order chi connectivity index (χ1) is 11.3. The fraction of sp³-hybridized carbons (Fsp3) is 0.333. The highest BCUT2D eigenvalue weighted by molar-refractivity contribution is 5.80. The molecule has 0 spiro atoms. The van der Waals surface area contributed by atoms with E-state index in [1.807, 2.05) is 6.07 Å². The lowest BCUT2D eigenvalue weighted by Gasteiger charge is -2.26. The zero-order valence-corrected chi connectivity index (χ0v) is 12.7. The molecule has 1 aromatic carbocycles. The predicted molar refractivity (Wildman–Crippen MR) is 77.4 cm³/mol. The van der Waals surface area contributed by atoms with E-state index in [1.165, 1.54) is 48.5 Å². The molecule has 0 aliphatic carbocycles. The molecule has 2 rings (SSSR count). The van der Waals surface area contributed by atoms with Gasteiger partial charge >= 0.3 is 6.18 Å². The third kappa shape index (κ3) is 4.55. The summed E-state index contributed by atoms with van der Waals surface area (Å²) in [5.74, 6) is -0.720. The molecule has 0 fully saturated rings. The smallest absolute Gasteiger partial charge is 0.327 e. The van der Waals surface area contributed by atoms with Crippen LogP contribution >= 0.6 is 0 Å². The lowest BCUT2D eigenvalue weighted by atomic mass is 10.1. The number of benzene rings is 1. The van der Waals surface area contributed by atoms with E-state index in [-0.39, 0.29) is 6.54 Å². The number of nitriles is 1. The quantitative estimate of drug-likeness (QED) is 0.839. The van der Waals surface area contributed by atoms with Crippen LogP contribution < -0.4 is 0 Å². The van der Waals surface area contributed by atoms with Crippen LogP contribution in [0, 0.1) is 11.3 Å². The first kappa shape index (κ1) is 17.5. The van der Waals surface area contributed by atoms with Gasteiger partial charge in [0, 0.05) is 6.54 Å². The minimum atomic E-state index is -4.52. The topological polar surface area (TPSA) is 74.8 Å². The molecular formula is C15H14F3N5O. The molecule has 1 amide bonds. The van der Waals surface area contributed by atoms with Crippen molar-refractivity contribution in [2.24, 2.45) is 0 Å². The van der Waals surface area contributed by atoms with Crippen molar-refractivity contribution in [3.8, 4) is 6.07 Å². The fourth-order valence-electron chi connectivity index (χ4n) is 2.13. The van der Waals surface area contributed by atoms with Gasteiger partial charge in [0.25, 0.3) is 0 Å². The summed E-state index contributed by atoms with van der Waals surface area (Å²) < 4.78 is 39.7. The molecule has 0 saturated carbocycles. The van der Waals surface area contributed by atoms with Crippen LogP contribution in [0.1, 0.15) is 24.1 Å². The molecule has 0 bridgehead atoms. The molecular weight excluding hydrogens is 323 g/mol. The van der Waals surface area contributed by atoms with E-state index in [0.717, 1.165) is 0 Å². The molecule has 0 aliphatic rings. The number of rotatable bonds is 5. The van der Waals surface area contributed by atoms with Gasteiger partial charge in [-0.15, -0.1) is 0 Å². The lowest BCUT2D eigenvalue weighted by molar-refractivity contribution is -0.164. The first-order valence-corrected chi connectivity index (χ1v) is 6.99. The van der Waals surface area contributed by atoms with Crippen LogP contribution in [0.2, 0.25) is 0 Å². The van der Waals surface area contributed by atoms with Gasteiger partial charge in [0.2, 0.25) is 5.91 Å². The van der Waals surface area contributed by atoms with E-state index >= 15 is 0 Å². The Hall–Kier alpha value is -2.89. The predicted octanol–water partition coefficient (Wildman–Crippen LogP) is 2.30. The first-order valence-electron chi connectivity index (χ1n) is 6.99. The van der Waals surface area contributed by atoms with Gasteiger partial charge in [-0.25, -0.2) is 9.67 Å². The van der Waals surface area contributed by atoms with Gasteiger partial charge in [-0.3, -0.25) is 4.79 Å². The Morgan fingerprint density at radius 1 is 1.38 bits per heavy atom. The summed E-state index contributed by atoms with van der Waals surface area (Å²) in [5, 5.41) is 12.5. The van der Waals surface area contributed by atoms with Crippen molar-refractivity contribution in [3.63, 3.8) is 0 Å². The fourth-order valence-corrected chi connectivity index (χ4v) is 2.13. The number of halogens is 3. The second-order valence-electron chi connectivity index (χ2n) is 5.17. The largest absolute Gasteiger partial charge is 0.406 e. The number of aromatic nitrogens is 3. The molecule has 1 heterocycles. The summed E-state index contributed by atoms with van der Waals surface area (Å²) in [5.41, 5.74) is 0.890. The van der Waals surface area contributed by atoms with Gasteiger partial charge in [0.1, 0.15) is 25.2 Å². The van der Waals surface area contributed by atoms with Gasteiger partial charge in [-0.1, -0.05) is 12.1 Å². The SMILES string of the molecule is CC(C(=O)N(Cc1ccc(C#N)cc1)CC(F)(F)F)n1cncn1. The van der Waals surface area contributed by atoms with E-state index in [0.29, 0.717) is 16.0 Å². The van der Waals surface area contributed by atoms with Gasteiger partial charge < -0.3 is 4.90 Å².